The van der Waals surface area contributed by atoms with Gasteiger partial charge in [-0.2, -0.15) is 10.2 Å². The number of carbonyl (C=O) groups excluding carboxylic acids is 1. The number of nitrogens with one attached hydrogen (secondary N) is 1. The molecular formula is C28H29N5O4. The maximum absolute atomic E-state index is 13.0. The van der Waals surface area contributed by atoms with Gasteiger partial charge in [0.25, 0.3) is 5.91 Å². The fourth-order valence-electron chi connectivity index (χ4n) is 3.67. The zero-order chi connectivity index (χ0) is 26.0. The molecule has 0 aliphatic rings. The number of ether oxygens (including phenoxy) is 3. The van der Waals surface area contributed by atoms with Gasteiger partial charge in [0.2, 0.25) is 5.75 Å². The van der Waals surface area contributed by atoms with Crippen molar-refractivity contribution < 1.29 is 19.0 Å². The van der Waals surface area contributed by atoms with Crippen molar-refractivity contribution >= 4 is 12.1 Å². The molecule has 0 saturated carbocycles. The zero-order valence-electron chi connectivity index (χ0n) is 21.0. The van der Waals surface area contributed by atoms with Gasteiger partial charge < -0.3 is 14.2 Å². The molecule has 0 bridgehead atoms. The number of hydrogen-bond acceptors (Lipinski definition) is 7. The van der Waals surface area contributed by atoms with E-state index in [-0.39, 0.29) is 0 Å². The highest BCUT2D eigenvalue weighted by Gasteiger charge is 2.18. The molecular weight excluding hydrogens is 470 g/mol. The number of carbonyl (C=O) groups is 1. The fraction of sp³-hybridized carbons (Fsp3) is 0.214. The average Bonchev–Trinajstić information content (AvgIpc) is 3.36. The Hall–Kier alpha value is -4.66. The lowest BCUT2D eigenvalue weighted by atomic mass is 10.1. The van der Waals surface area contributed by atoms with Crippen LogP contribution in [0.3, 0.4) is 0 Å². The number of hydrazone groups is 1. The molecule has 2 heterocycles. The van der Waals surface area contributed by atoms with Crippen LogP contribution in [-0.2, 0) is 0 Å². The van der Waals surface area contributed by atoms with Crippen molar-refractivity contribution in [3.63, 3.8) is 0 Å². The highest BCUT2D eigenvalue weighted by atomic mass is 16.5. The van der Waals surface area contributed by atoms with Gasteiger partial charge in [-0.3, -0.25) is 9.78 Å². The van der Waals surface area contributed by atoms with Crippen LogP contribution in [0.4, 0.5) is 0 Å². The van der Waals surface area contributed by atoms with Gasteiger partial charge in [-0.1, -0.05) is 18.2 Å². The first-order valence-electron chi connectivity index (χ1n) is 12.1. The largest absolute Gasteiger partial charge is 0.490 e. The smallest absolute Gasteiger partial charge is 0.271 e. The Bertz CT molecular complexity index is 1330. The number of hydrogen-bond donors (Lipinski definition) is 1. The molecule has 1 N–H and O–H groups in total. The molecule has 0 spiro atoms. The number of para-hydroxylation sites is 1. The molecule has 2 aromatic carbocycles. The minimum absolute atomic E-state index is 0.333. The molecule has 9 nitrogen and oxygen atoms in total. The van der Waals surface area contributed by atoms with E-state index in [9.17, 15) is 4.79 Å². The number of aromatic nitrogens is 3. The minimum Gasteiger partial charge on any atom is -0.490 e. The Balaban J connectivity index is 1.61. The summed E-state index contributed by atoms with van der Waals surface area (Å²) in [7, 11) is 0. The minimum atomic E-state index is -0.417. The molecule has 9 heteroatoms. The van der Waals surface area contributed by atoms with E-state index in [0.717, 1.165) is 11.3 Å². The van der Waals surface area contributed by atoms with Gasteiger partial charge in [0, 0.05) is 35.3 Å². The zero-order valence-corrected chi connectivity index (χ0v) is 21.0. The third-order valence-corrected chi connectivity index (χ3v) is 5.24. The van der Waals surface area contributed by atoms with E-state index < -0.39 is 5.91 Å². The topological polar surface area (TPSA) is 99.9 Å². The van der Waals surface area contributed by atoms with Gasteiger partial charge in [0.15, 0.2) is 11.5 Å². The molecule has 0 unspecified atom stereocenters. The van der Waals surface area contributed by atoms with Gasteiger partial charge in [0.1, 0.15) is 5.69 Å². The number of amides is 1. The van der Waals surface area contributed by atoms with Crippen LogP contribution in [0.25, 0.3) is 16.9 Å². The molecule has 2 aromatic heterocycles. The van der Waals surface area contributed by atoms with Crippen molar-refractivity contribution in [2.75, 3.05) is 19.8 Å². The first kappa shape index (κ1) is 25.4. The highest BCUT2D eigenvalue weighted by Crippen LogP contribution is 2.39. The fourth-order valence-corrected chi connectivity index (χ4v) is 3.67. The van der Waals surface area contributed by atoms with E-state index in [1.165, 1.54) is 0 Å². The molecule has 0 fully saturated rings. The lowest BCUT2D eigenvalue weighted by molar-refractivity contribution is 0.0954. The van der Waals surface area contributed by atoms with Gasteiger partial charge in [-0.25, -0.2) is 10.1 Å². The third kappa shape index (κ3) is 6.13. The van der Waals surface area contributed by atoms with Crippen LogP contribution in [0.15, 0.2) is 78.3 Å². The maximum atomic E-state index is 13.0. The van der Waals surface area contributed by atoms with Crippen molar-refractivity contribution in [2.24, 2.45) is 5.10 Å². The summed E-state index contributed by atoms with van der Waals surface area (Å²) in [6.45, 7) is 6.87. The summed E-state index contributed by atoms with van der Waals surface area (Å²) in [4.78, 5) is 17.2. The van der Waals surface area contributed by atoms with Gasteiger partial charge in [-0.05, 0) is 57.2 Å². The van der Waals surface area contributed by atoms with E-state index in [1.54, 1.807) is 35.4 Å². The summed E-state index contributed by atoms with van der Waals surface area (Å²) >= 11 is 0. The Morgan fingerprint density at radius 2 is 1.68 bits per heavy atom. The second-order valence-electron chi connectivity index (χ2n) is 7.75. The second-order valence-corrected chi connectivity index (χ2v) is 7.75. The molecule has 0 radical (unpaired) electrons. The Labute approximate surface area is 215 Å². The van der Waals surface area contributed by atoms with Crippen molar-refractivity contribution in [2.45, 2.75) is 20.8 Å². The van der Waals surface area contributed by atoms with Gasteiger partial charge in [0.05, 0.1) is 31.7 Å². The quantitative estimate of drug-likeness (QED) is 0.233. The van der Waals surface area contributed by atoms with E-state index in [4.69, 9.17) is 19.3 Å². The molecule has 4 aromatic rings. The Kier molecular flexibility index (Phi) is 8.49. The van der Waals surface area contributed by atoms with Crippen LogP contribution >= 0.6 is 0 Å². The molecule has 0 aliphatic heterocycles. The number of benzene rings is 2. The summed E-state index contributed by atoms with van der Waals surface area (Å²) in [5.41, 5.74) is 6.06. The van der Waals surface area contributed by atoms with E-state index in [1.807, 2.05) is 69.4 Å². The summed E-state index contributed by atoms with van der Waals surface area (Å²) in [6.07, 6.45) is 6.85. The first-order valence-corrected chi connectivity index (χ1v) is 12.1. The van der Waals surface area contributed by atoms with Crippen LogP contribution in [0.1, 0.15) is 36.7 Å². The number of pyridine rings is 1. The molecule has 0 atom stereocenters. The second kappa shape index (κ2) is 12.3. The van der Waals surface area contributed by atoms with Gasteiger partial charge in [-0.15, -0.1) is 0 Å². The predicted molar refractivity (Wildman–Crippen MR) is 142 cm³/mol. The van der Waals surface area contributed by atoms with Crippen molar-refractivity contribution in [3.8, 4) is 34.2 Å². The highest BCUT2D eigenvalue weighted by molar-refractivity contribution is 5.97. The first-order chi connectivity index (χ1) is 18.1. The summed E-state index contributed by atoms with van der Waals surface area (Å²) in [5, 5.41) is 8.93. The van der Waals surface area contributed by atoms with Crippen LogP contribution in [0.2, 0.25) is 0 Å². The Morgan fingerprint density at radius 3 is 2.30 bits per heavy atom. The molecule has 37 heavy (non-hydrogen) atoms. The predicted octanol–water partition coefficient (Wildman–Crippen LogP) is 4.89. The van der Waals surface area contributed by atoms with Crippen LogP contribution < -0.4 is 19.6 Å². The lowest BCUT2D eigenvalue weighted by Gasteiger charge is -2.16. The third-order valence-electron chi connectivity index (χ3n) is 5.24. The SMILES string of the molecule is CCOc1cc(C(=O)NN=Cc2cn(-c3ccccc3)nc2-c2cccnc2)cc(OCC)c1OCC. The normalized spacial score (nSPS) is 10.9. The van der Waals surface area contributed by atoms with Crippen molar-refractivity contribution in [1.29, 1.82) is 0 Å². The van der Waals surface area contributed by atoms with Crippen molar-refractivity contribution in [3.05, 3.63) is 84.3 Å². The molecule has 190 valence electrons. The molecule has 0 saturated heterocycles. The Morgan fingerprint density at radius 1 is 0.973 bits per heavy atom. The molecule has 4 rings (SSSR count). The van der Waals surface area contributed by atoms with Crippen molar-refractivity contribution in [1.82, 2.24) is 20.2 Å². The summed E-state index contributed by atoms with van der Waals surface area (Å²) < 4.78 is 18.9. The average molecular weight is 500 g/mol. The monoisotopic (exact) mass is 499 g/mol. The molecule has 1 amide bonds. The van der Waals surface area contributed by atoms with Crippen LogP contribution in [0.5, 0.6) is 17.2 Å². The van der Waals surface area contributed by atoms with Gasteiger partial charge >= 0.3 is 0 Å². The van der Waals surface area contributed by atoms with E-state index in [2.05, 4.69) is 15.5 Å². The maximum Gasteiger partial charge on any atom is 0.271 e. The van der Waals surface area contributed by atoms with E-state index >= 15 is 0 Å². The number of nitrogens with zero attached hydrogens (tertiary/aromatic N) is 4. The standard InChI is InChI=1S/C28H29N5O4/c1-4-35-24-15-21(16-25(36-5-2)27(24)37-6-3)28(34)31-30-18-22-19-33(23-12-8-7-9-13-23)32-26(22)20-11-10-14-29-17-20/h7-19H,4-6H2,1-3H3,(H,31,34). The van der Waals surface area contributed by atoms with Crippen LogP contribution in [-0.4, -0.2) is 46.7 Å². The van der Waals surface area contributed by atoms with E-state index in [0.29, 0.717) is 53.9 Å². The summed E-state index contributed by atoms with van der Waals surface area (Å²) in [5.74, 6) is 0.931. The lowest BCUT2D eigenvalue weighted by Crippen LogP contribution is -2.18. The summed E-state index contributed by atoms with van der Waals surface area (Å²) in [6, 6.07) is 16.8. The van der Waals surface area contributed by atoms with Crippen LogP contribution in [0, 0.1) is 0 Å². The molecule has 0 aliphatic carbocycles. The number of rotatable bonds is 11.